The fourth-order valence-electron chi connectivity index (χ4n) is 5.13. The molecule has 2 aromatic rings. The largest absolute Gasteiger partial charge is 0.354 e. The maximum absolute atomic E-state index is 12.7. The number of carbonyl (C=O) groups is 1. The van der Waals surface area contributed by atoms with E-state index in [1.807, 2.05) is 13.8 Å². The van der Waals surface area contributed by atoms with Gasteiger partial charge >= 0.3 is 0 Å². The quantitative estimate of drug-likeness (QED) is 0.902. The summed E-state index contributed by atoms with van der Waals surface area (Å²) in [4.78, 5) is 17.3. The molecule has 2 heterocycles. The number of benzene rings is 1. The number of likely N-dealkylation sites (N-methyl/N-ethyl adjacent to an activating group) is 1. The van der Waals surface area contributed by atoms with Crippen molar-refractivity contribution in [1.82, 2.24) is 19.7 Å². The van der Waals surface area contributed by atoms with Crippen molar-refractivity contribution in [3.8, 4) is 0 Å². The third-order valence-electron chi connectivity index (χ3n) is 6.16. The van der Waals surface area contributed by atoms with Gasteiger partial charge in [-0.1, -0.05) is 12.1 Å². The van der Waals surface area contributed by atoms with Crippen molar-refractivity contribution in [1.29, 1.82) is 0 Å². The minimum atomic E-state index is 0.0688. The molecule has 1 fully saturated rings. The van der Waals surface area contributed by atoms with Gasteiger partial charge < -0.3 is 14.8 Å². The lowest BCUT2D eigenvalue weighted by atomic mass is 9.72. The van der Waals surface area contributed by atoms with Crippen LogP contribution in [0.1, 0.15) is 37.3 Å². The van der Waals surface area contributed by atoms with Gasteiger partial charge in [0, 0.05) is 41.6 Å². The average Bonchev–Trinajstić information content (AvgIpc) is 2.93. The van der Waals surface area contributed by atoms with Gasteiger partial charge in [0.1, 0.15) is 0 Å². The first kappa shape index (κ1) is 18.5. The first-order valence-corrected chi connectivity index (χ1v) is 10.1. The Morgan fingerprint density at radius 2 is 2.11 bits per heavy atom. The molecule has 2 aliphatic rings. The summed E-state index contributed by atoms with van der Waals surface area (Å²) in [6.07, 6.45) is 4.37. The highest BCUT2D eigenvalue weighted by Crippen LogP contribution is 2.45. The highest BCUT2D eigenvalue weighted by atomic mass is 16.2. The number of fused-ring (bicyclic) bond motifs is 2. The van der Waals surface area contributed by atoms with Crippen LogP contribution in [0.15, 0.2) is 24.4 Å². The van der Waals surface area contributed by atoms with Gasteiger partial charge in [0.2, 0.25) is 5.91 Å². The molecule has 1 aromatic heterocycles. The monoisotopic (exact) mass is 368 g/mol. The van der Waals surface area contributed by atoms with Gasteiger partial charge in [-0.25, -0.2) is 0 Å². The lowest BCUT2D eigenvalue weighted by Gasteiger charge is -2.45. The van der Waals surface area contributed by atoms with Crippen molar-refractivity contribution in [2.24, 2.45) is 5.92 Å². The Morgan fingerprint density at radius 1 is 1.33 bits per heavy atom. The van der Waals surface area contributed by atoms with E-state index in [0.29, 0.717) is 12.0 Å². The average molecular weight is 369 g/mol. The summed E-state index contributed by atoms with van der Waals surface area (Å²) in [6.45, 7) is 5.82. The van der Waals surface area contributed by atoms with Gasteiger partial charge in [0.05, 0.1) is 12.6 Å². The second kappa shape index (κ2) is 6.95. The maximum Gasteiger partial charge on any atom is 0.224 e. The van der Waals surface area contributed by atoms with Crippen molar-refractivity contribution in [3.63, 3.8) is 0 Å². The zero-order chi connectivity index (χ0) is 19.3. The fraction of sp³-hybridized carbons (Fsp3) is 0.591. The van der Waals surface area contributed by atoms with Crippen LogP contribution in [0.5, 0.6) is 0 Å². The predicted molar refractivity (Wildman–Crippen MR) is 110 cm³/mol. The minimum Gasteiger partial charge on any atom is -0.354 e. The van der Waals surface area contributed by atoms with E-state index in [1.54, 1.807) is 0 Å². The molecule has 1 aliphatic carbocycles. The predicted octanol–water partition coefficient (Wildman–Crippen LogP) is 2.65. The topological polar surface area (TPSA) is 40.5 Å². The molecular formula is C22H32N4O. The third-order valence-corrected chi connectivity index (χ3v) is 6.16. The summed E-state index contributed by atoms with van der Waals surface area (Å²) in [7, 11) is 6.41. The summed E-state index contributed by atoms with van der Waals surface area (Å²) >= 11 is 0. The van der Waals surface area contributed by atoms with Crippen LogP contribution in [0.3, 0.4) is 0 Å². The summed E-state index contributed by atoms with van der Waals surface area (Å²) < 4.78 is 2.37. The van der Waals surface area contributed by atoms with Gasteiger partial charge in [-0.2, -0.15) is 0 Å². The Bertz CT molecular complexity index is 853. The van der Waals surface area contributed by atoms with Gasteiger partial charge in [-0.15, -0.1) is 0 Å². The summed E-state index contributed by atoms with van der Waals surface area (Å²) in [6, 6.07) is 7.40. The van der Waals surface area contributed by atoms with Crippen LogP contribution < -0.4 is 5.32 Å². The Kier molecular flexibility index (Phi) is 4.77. The van der Waals surface area contributed by atoms with Crippen molar-refractivity contribution in [2.75, 3.05) is 27.7 Å². The Morgan fingerprint density at radius 3 is 2.81 bits per heavy atom. The normalized spacial score (nSPS) is 25.2. The molecule has 0 bridgehead atoms. The number of amides is 1. The van der Waals surface area contributed by atoms with Crippen LogP contribution in [-0.2, 0) is 17.9 Å². The number of nitrogens with zero attached hydrogens (tertiary/aromatic N) is 3. The number of hydrogen-bond acceptors (Lipinski definition) is 3. The molecule has 0 saturated carbocycles. The minimum absolute atomic E-state index is 0.0688. The second-order valence-corrected chi connectivity index (χ2v) is 9.00. The molecule has 5 heteroatoms. The molecule has 1 aliphatic heterocycles. The molecule has 27 heavy (non-hydrogen) atoms. The molecular weight excluding hydrogens is 336 g/mol. The van der Waals surface area contributed by atoms with E-state index in [-0.39, 0.29) is 17.9 Å². The Balaban J connectivity index is 1.71. The van der Waals surface area contributed by atoms with Crippen molar-refractivity contribution < 1.29 is 4.79 Å². The van der Waals surface area contributed by atoms with E-state index in [2.05, 4.69) is 65.2 Å². The van der Waals surface area contributed by atoms with Crippen LogP contribution in [0, 0.1) is 5.92 Å². The standard InChI is InChI=1S/C22H32N4O/c1-14(2)23-22(27)16-9-18-17-7-6-8-19-21(17)15(10-20(18)25(5)11-16)12-26(19)13-24(3)4/h6-8,12,14,16,18,20H,9-11,13H2,1-5H3,(H,23,27). The number of nitrogens with one attached hydrogen (secondary N) is 1. The van der Waals surface area contributed by atoms with Gasteiger partial charge in [-0.05, 0) is 65.0 Å². The molecule has 4 rings (SSSR count). The molecule has 1 aromatic carbocycles. The van der Waals surface area contributed by atoms with E-state index < -0.39 is 0 Å². The molecule has 3 atom stereocenters. The van der Waals surface area contributed by atoms with Crippen LogP contribution in [0.25, 0.3) is 10.9 Å². The fourth-order valence-corrected chi connectivity index (χ4v) is 5.13. The lowest BCUT2D eigenvalue weighted by Crippen LogP contribution is -2.52. The van der Waals surface area contributed by atoms with Crippen molar-refractivity contribution in [3.05, 3.63) is 35.5 Å². The van der Waals surface area contributed by atoms with E-state index in [1.165, 1.54) is 22.0 Å². The van der Waals surface area contributed by atoms with Gasteiger partial charge in [-0.3, -0.25) is 9.69 Å². The van der Waals surface area contributed by atoms with Crippen LogP contribution >= 0.6 is 0 Å². The molecule has 146 valence electrons. The third kappa shape index (κ3) is 3.27. The summed E-state index contributed by atoms with van der Waals surface area (Å²) in [5.74, 6) is 0.704. The molecule has 1 saturated heterocycles. The molecule has 3 unspecified atom stereocenters. The molecule has 1 amide bonds. The Labute approximate surface area is 162 Å². The first-order valence-electron chi connectivity index (χ1n) is 10.1. The number of aromatic nitrogens is 1. The number of piperidine rings is 1. The Hall–Kier alpha value is -1.85. The van der Waals surface area contributed by atoms with Crippen LogP contribution in [-0.4, -0.2) is 60.0 Å². The highest BCUT2D eigenvalue weighted by Gasteiger charge is 2.41. The van der Waals surface area contributed by atoms with Gasteiger partial charge in [0.25, 0.3) is 0 Å². The van der Waals surface area contributed by atoms with E-state index in [4.69, 9.17) is 0 Å². The van der Waals surface area contributed by atoms with Crippen LogP contribution in [0.4, 0.5) is 0 Å². The van der Waals surface area contributed by atoms with Gasteiger partial charge in [0.15, 0.2) is 0 Å². The first-order chi connectivity index (χ1) is 12.8. The van der Waals surface area contributed by atoms with Crippen molar-refractivity contribution in [2.45, 2.75) is 51.4 Å². The molecule has 5 nitrogen and oxygen atoms in total. The lowest BCUT2D eigenvalue weighted by molar-refractivity contribution is -0.128. The molecule has 1 N–H and O–H groups in total. The number of rotatable bonds is 4. The number of likely N-dealkylation sites (tertiary alicyclic amines) is 1. The smallest absolute Gasteiger partial charge is 0.224 e. The maximum atomic E-state index is 12.7. The number of hydrogen-bond donors (Lipinski definition) is 1. The number of carbonyl (C=O) groups excluding carboxylic acids is 1. The summed E-state index contributed by atoms with van der Waals surface area (Å²) in [5.41, 5.74) is 4.22. The zero-order valence-electron chi connectivity index (χ0n) is 17.2. The van der Waals surface area contributed by atoms with E-state index in [9.17, 15) is 4.79 Å². The van der Waals surface area contributed by atoms with Crippen molar-refractivity contribution >= 4 is 16.8 Å². The zero-order valence-corrected chi connectivity index (χ0v) is 17.2. The summed E-state index contributed by atoms with van der Waals surface area (Å²) in [5, 5.41) is 4.55. The highest BCUT2D eigenvalue weighted by molar-refractivity contribution is 5.89. The van der Waals surface area contributed by atoms with E-state index in [0.717, 1.165) is 26.1 Å². The SMILES string of the molecule is CC(C)NC(=O)C1CC2c3cccc4c3c(cn4CN(C)C)CC2N(C)C1. The molecule has 0 radical (unpaired) electrons. The van der Waals surface area contributed by atoms with E-state index >= 15 is 0 Å². The second-order valence-electron chi connectivity index (χ2n) is 9.00. The molecule has 0 spiro atoms. The van der Waals surface area contributed by atoms with Crippen LogP contribution in [0.2, 0.25) is 0 Å².